The van der Waals surface area contributed by atoms with Crippen LogP contribution < -0.4 is 10.1 Å². The summed E-state index contributed by atoms with van der Waals surface area (Å²) < 4.78 is 5.39. The molecule has 2 aliphatic rings. The molecule has 2 N–H and O–H groups in total. The van der Waals surface area contributed by atoms with Crippen LogP contribution in [0.1, 0.15) is 56.4 Å². The Morgan fingerprint density at radius 3 is 2.71 bits per heavy atom. The number of hydrogen-bond donors (Lipinski definition) is 2. The second-order valence-electron chi connectivity index (χ2n) is 8.51. The minimum Gasteiger partial charge on any atom is -0.497 e. The van der Waals surface area contributed by atoms with Crippen LogP contribution >= 0.6 is 0 Å². The lowest BCUT2D eigenvalue weighted by atomic mass is 9.89. The van der Waals surface area contributed by atoms with E-state index in [1.54, 1.807) is 7.11 Å². The summed E-state index contributed by atoms with van der Waals surface area (Å²) in [5, 5.41) is 4.44. The standard InChI is InChI=1S/C23H33N3O2/c1-28-19-7-8-22-20(13-19)21(15-24-22)18-9-11-26(12-10-18)16-23(27)25-14-17-5-3-2-4-6-17/h7-8,13,15,17-18,24H,2-6,9-12,14,16H2,1H3,(H,25,27). The van der Waals surface area contributed by atoms with Crippen molar-refractivity contribution in [2.75, 3.05) is 33.3 Å². The number of carbonyl (C=O) groups is 1. The lowest BCUT2D eigenvalue weighted by Gasteiger charge is -2.31. The minimum atomic E-state index is 0.195. The molecule has 0 atom stereocenters. The molecule has 2 aromatic rings. The summed E-state index contributed by atoms with van der Waals surface area (Å²) in [6.07, 6.45) is 10.9. The molecule has 0 spiro atoms. The first-order chi connectivity index (χ1) is 13.7. The van der Waals surface area contributed by atoms with Crippen molar-refractivity contribution in [3.05, 3.63) is 30.0 Å². The Morgan fingerprint density at radius 1 is 1.18 bits per heavy atom. The molecule has 0 unspecified atom stereocenters. The molecule has 0 radical (unpaired) electrons. The Hall–Kier alpha value is -2.01. The number of nitrogens with one attached hydrogen (secondary N) is 2. The Morgan fingerprint density at radius 2 is 1.96 bits per heavy atom. The van der Waals surface area contributed by atoms with E-state index in [4.69, 9.17) is 4.74 Å². The highest BCUT2D eigenvalue weighted by atomic mass is 16.5. The average molecular weight is 384 g/mol. The van der Waals surface area contributed by atoms with Crippen molar-refractivity contribution in [2.24, 2.45) is 5.92 Å². The topological polar surface area (TPSA) is 57.4 Å². The average Bonchev–Trinajstić information content (AvgIpc) is 3.17. The Balaban J connectivity index is 1.27. The minimum absolute atomic E-state index is 0.195. The number of fused-ring (bicyclic) bond motifs is 1. The number of aromatic nitrogens is 1. The second-order valence-corrected chi connectivity index (χ2v) is 8.51. The molecular weight excluding hydrogens is 350 g/mol. The molecule has 1 aromatic heterocycles. The fraction of sp³-hybridized carbons (Fsp3) is 0.609. The third-order valence-corrected chi connectivity index (χ3v) is 6.63. The van der Waals surface area contributed by atoms with Crippen molar-refractivity contribution in [1.82, 2.24) is 15.2 Å². The first kappa shape index (κ1) is 19.3. The summed E-state index contributed by atoms with van der Waals surface area (Å²) in [4.78, 5) is 18.0. The molecule has 1 aromatic carbocycles. The number of rotatable bonds is 6. The van der Waals surface area contributed by atoms with Gasteiger partial charge in [0.2, 0.25) is 5.91 Å². The maximum absolute atomic E-state index is 12.3. The molecule has 1 aliphatic heterocycles. The number of amides is 1. The van der Waals surface area contributed by atoms with Gasteiger partial charge in [-0.2, -0.15) is 0 Å². The van der Waals surface area contributed by atoms with E-state index in [1.165, 1.54) is 48.6 Å². The van der Waals surface area contributed by atoms with E-state index in [0.717, 1.165) is 38.2 Å². The second kappa shape index (κ2) is 8.99. The largest absolute Gasteiger partial charge is 0.497 e. The van der Waals surface area contributed by atoms with Gasteiger partial charge in [0.05, 0.1) is 13.7 Å². The van der Waals surface area contributed by atoms with Crippen molar-refractivity contribution >= 4 is 16.8 Å². The number of methoxy groups -OCH3 is 1. The molecule has 1 saturated carbocycles. The normalized spacial score (nSPS) is 19.8. The SMILES string of the molecule is COc1ccc2[nH]cc(C3CCN(CC(=O)NCC4CCCCC4)CC3)c2c1. The van der Waals surface area contributed by atoms with Crippen molar-refractivity contribution < 1.29 is 9.53 Å². The van der Waals surface area contributed by atoms with Gasteiger partial charge in [-0.3, -0.25) is 9.69 Å². The van der Waals surface area contributed by atoms with Crippen LogP contribution in [0.15, 0.2) is 24.4 Å². The molecule has 1 aliphatic carbocycles. The molecule has 2 heterocycles. The quantitative estimate of drug-likeness (QED) is 0.791. The van der Waals surface area contributed by atoms with Crippen LogP contribution in [0.25, 0.3) is 10.9 Å². The van der Waals surface area contributed by atoms with E-state index in [0.29, 0.717) is 18.4 Å². The smallest absolute Gasteiger partial charge is 0.234 e. The molecule has 5 heteroatoms. The van der Waals surface area contributed by atoms with E-state index in [-0.39, 0.29) is 5.91 Å². The summed E-state index contributed by atoms with van der Waals surface area (Å²) in [6, 6.07) is 6.22. The zero-order chi connectivity index (χ0) is 19.3. The molecule has 5 nitrogen and oxygen atoms in total. The summed E-state index contributed by atoms with van der Waals surface area (Å²) >= 11 is 0. The monoisotopic (exact) mass is 383 g/mol. The van der Waals surface area contributed by atoms with Gasteiger partial charge in [0, 0.05) is 23.6 Å². The highest BCUT2D eigenvalue weighted by Crippen LogP contribution is 2.34. The molecular formula is C23H33N3O2. The van der Waals surface area contributed by atoms with E-state index >= 15 is 0 Å². The number of likely N-dealkylation sites (tertiary alicyclic amines) is 1. The number of H-pyrrole nitrogens is 1. The number of benzene rings is 1. The number of carbonyl (C=O) groups excluding carboxylic acids is 1. The van der Waals surface area contributed by atoms with Crippen molar-refractivity contribution in [3.8, 4) is 5.75 Å². The van der Waals surface area contributed by atoms with Crippen molar-refractivity contribution in [2.45, 2.75) is 50.9 Å². The zero-order valence-electron chi connectivity index (χ0n) is 17.0. The maximum Gasteiger partial charge on any atom is 0.234 e. The van der Waals surface area contributed by atoms with E-state index < -0.39 is 0 Å². The number of ether oxygens (including phenoxy) is 1. The fourth-order valence-corrected chi connectivity index (χ4v) is 4.90. The molecule has 152 valence electrons. The van der Waals surface area contributed by atoms with E-state index in [2.05, 4.69) is 33.5 Å². The Bertz CT molecular complexity index is 786. The van der Waals surface area contributed by atoms with Crippen LogP contribution in [0.4, 0.5) is 0 Å². The predicted molar refractivity (Wildman–Crippen MR) is 113 cm³/mol. The molecule has 1 saturated heterocycles. The lowest BCUT2D eigenvalue weighted by molar-refractivity contribution is -0.122. The Labute approximate surface area is 167 Å². The number of nitrogens with zero attached hydrogens (tertiary/aromatic N) is 1. The molecule has 2 fully saturated rings. The first-order valence-electron chi connectivity index (χ1n) is 10.9. The molecule has 4 rings (SSSR count). The van der Waals surface area contributed by atoms with Gasteiger partial charge in [0.15, 0.2) is 0 Å². The lowest BCUT2D eigenvalue weighted by Crippen LogP contribution is -2.42. The number of piperidine rings is 1. The highest BCUT2D eigenvalue weighted by molar-refractivity contribution is 5.85. The van der Waals surface area contributed by atoms with Gasteiger partial charge in [-0.05, 0) is 74.4 Å². The van der Waals surface area contributed by atoms with Crippen LogP contribution in [-0.2, 0) is 4.79 Å². The fourth-order valence-electron chi connectivity index (χ4n) is 4.90. The van der Waals surface area contributed by atoms with Gasteiger partial charge < -0.3 is 15.0 Å². The summed E-state index contributed by atoms with van der Waals surface area (Å²) in [6.45, 7) is 3.38. The van der Waals surface area contributed by atoms with Gasteiger partial charge in [-0.15, -0.1) is 0 Å². The van der Waals surface area contributed by atoms with Gasteiger partial charge in [-0.25, -0.2) is 0 Å². The van der Waals surface area contributed by atoms with Gasteiger partial charge in [0.25, 0.3) is 0 Å². The van der Waals surface area contributed by atoms with Gasteiger partial charge >= 0.3 is 0 Å². The van der Waals surface area contributed by atoms with E-state index in [9.17, 15) is 4.79 Å². The highest BCUT2D eigenvalue weighted by Gasteiger charge is 2.24. The van der Waals surface area contributed by atoms with Crippen LogP contribution in [-0.4, -0.2) is 49.1 Å². The van der Waals surface area contributed by atoms with Crippen LogP contribution in [0, 0.1) is 5.92 Å². The van der Waals surface area contributed by atoms with Crippen LogP contribution in [0.5, 0.6) is 5.75 Å². The summed E-state index contributed by atoms with van der Waals surface area (Å²) in [5.41, 5.74) is 2.55. The molecule has 0 bridgehead atoms. The van der Waals surface area contributed by atoms with Crippen molar-refractivity contribution in [1.29, 1.82) is 0 Å². The van der Waals surface area contributed by atoms with Gasteiger partial charge in [0.1, 0.15) is 5.75 Å². The predicted octanol–water partition coefficient (Wildman–Crippen LogP) is 4.05. The van der Waals surface area contributed by atoms with Gasteiger partial charge in [-0.1, -0.05) is 19.3 Å². The first-order valence-corrected chi connectivity index (χ1v) is 10.9. The summed E-state index contributed by atoms with van der Waals surface area (Å²) in [5.74, 6) is 2.34. The Kier molecular flexibility index (Phi) is 6.20. The number of aromatic amines is 1. The van der Waals surface area contributed by atoms with E-state index in [1.807, 2.05) is 6.07 Å². The van der Waals surface area contributed by atoms with Crippen molar-refractivity contribution in [3.63, 3.8) is 0 Å². The third kappa shape index (κ3) is 4.52. The summed E-state index contributed by atoms with van der Waals surface area (Å²) in [7, 11) is 1.71. The van der Waals surface area contributed by atoms with Crippen LogP contribution in [0.2, 0.25) is 0 Å². The molecule has 28 heavy (non-hydrogen) atoms. The molecule has 1 amide bonds. The maximum atomic E-state index is 12.3. The third-order valence-electron chi connectivity index (χ3n) is 6.63. The zero-order valence-corrected chi connectivity index (χ0v) is 17.0. The van der Waals surface area contributed by atoms with Crippen LogP contribution in [0.3, 0.4) is 0 Å². The number of hydrogen-bond acceptors (Lipinski definition) is 3.